The molecule has 21 heteroatoms. The van der Waals surface area contributed by atoms with Crippen LogP contribution in [0.5, 0.6) is 0 Å². The minimum Gasteiger partial charge on any atom is -0.416 e. The largest absolute Gasteiger partial charge is 0.416 e. The van der Waals surface area contributed by atoms with Gasteiger partial charge in [-0.15, -0.1) is 0 Å². The Morgan fingerprint density at radius 3 is 0.440 bits per heavy atom. The van der Waals surface area contributed by atoms with Gasteiger partial charge in [-0.3, -0.25) is 0 Å². The van der Waals surface area contributed by atoms with E-state index in [4.69, 9.17) is 62.0 Å². The van der Waals surface area contributed by atoms with Crippen LogP contribution in [0.1, 0.15) is 180 Å². The van der Waals surface area contributed by atoms with Crippen LogP contribution >= 0.6 is 0 Å². The molecule has 476 valence electrons. The van der Waals surface area contributed by atoms with Gasteiger partial charge in [0.1, 0.15) is 0 Å². The van der Waals surface area contributed by atoms with Crippen molar-refractivity contribution < 1.29 is 62.0 Å². The van der Waals surface area contributed by atoms with Crippen molar-refractivity contribution in [3.8, 4) is 0 Å². The molecule has 14 nitrogen and oxygen atoms in total. The van der Waals surface area contributed by atoms with E-state index < -0.39 is 59.9 Å². The standard InChI is InChI=1S/C63H112O14Si7/c1-78(29-22-43-8-15-50-57(36-43)64-50)71-79(2,30-23-44-9-16-51-58(37-44)65-51)73-81(4,32-25-46-11-18-53-60(39-46)67-53)75-83(6,34-27-48-13-20-55-62(41-48)69-55)77-84(7,35-28-49-14-21-56-63(42-49)70-56)76-82(5,33-26-47-12-19-54-61(40-47)68-54)74-80(3,72-78)31-24-45-10-17-52-59(38-45)66-52/h43-63H,8-42H2,1-7H3. The quantitative estimate of drug-likeness (QED) is 0.0791. The summed E-state index contributed by atoms with van der Waals surface area (Å²) in [5.74, 6) is 4.30. The maximum absolute atomic E-state index is 8.45. The van der Waals surface area contributed by atoms with E-state index in [1.807, 2.05) is 0 Å². The van der Waals surface area contributed by atoms with Gasteiger partial charge in [0.25, 0.3) is 0 Å². The molecule has 7 saturated carbocycles. The summed E-state index contributed by atoms with van der Waals surface area (Å²) in [5.41, 5.74) is 0. The molecule has 15 rings (SSSR count). The van der Waals surface area contributed by atoms with Gasteiger partial charge in [0, 0.05) is 0 Å². The lowest BCUT2D eigenvalue weighted by Gasteiger charge is -2.51. The van der Waals surface area contributed by atoms with Crippen molar-refractivity contribution in [2.24, 2.45) is 41.4 Å². The average molecular weight is 1290 g/mol. The summed E-state index contributed by atoms with van der Waals surface area (Å²) in [6.45, 7) is 17.5. The highest BCUT2D eigenvalue weighted by molar-refractivity contribution is 6.94. The van der Waals surface area contributed by atoms with Gasteiger partial charge in [-0.2, -0.15) is 0 Å². The summed E-state index contributed by atoms with van der Waals surface area (Å²) in [7, 11) is -21.9. The van der Waals surface area contributed by atoms with Gasteiger partial charge in [-0.05, 0) is 309 Å². The second kappa shape index (κ2) is 24.1. The molecule has 21 unspecified atom stereocenters. The molecule has 15 fully saturated rings. The van der Waals surface area contributed by atoms with Crippen molar-refractivity contribution in [1.29, 1.82) is 0 Å². The molecule has 84 heavy (non-hydrogen) atoms. The Kier molecular flexibility index (Phi) is 17.5. The Morgan fingerprint density at radius 2 is 0.321 bits per heavy atom. The van der Waals surface area contributed by atoms with Crippen LogP contribution in [0.4, 0.5) is 0 Å². The highest BCUT2D eigenvalue weighted by Gasteiger charge is 2.61. The number of ether oxygens (including phenoxy) is 7. The molecular formula is C63H112O14Si7. The maximum Gasteiger partial charge on any atom is 0.317 e. The molecule has 0 aromatic carbocycles. The van der Waals surface area contributed by atoms with Crippen molar-refractivity contribution in [3.05, 3.63) is 0 Å². The van der Waals surface area contributed by atoms with Gasteiger partial charge in [-0.1, -0.05) is 0 Å². The second-order valence-corrected chi connectivity index (χ2v) is 57.8. The molecule has 0 aromatic heterocycles. The van der Waals surface area contributed by atoms with Crippen LogP contribution in [-0.2, 0) is 62.0 Å². The van der Waals surface area contributed by atoms with Crippen LogP contribution in [0.25, 0.3) is 0 Å². The summed E-state index contributed by atoms with van der Waals surface area (Å²) >= 11 is 0. The first-order chi connectivity index (χ1) is 40.3. The fourth-order valence-corrected chi connectivity index (χ4v) is 61.2. The van der Waals surface area contributed by atoms with E-state index in [0.29, 0.717) is 127 Å². The van der Waals surface area contributed by atoms with Gasteiger partial charge in [0.2, 0.25) is 0 Å². The number of rotatable bonds is 21. The smallest absolute Gasteiger partial charge is 0.317 e. The monoisotopic (exact) mass is 1290 g/mol. The van der Waals surface area contributed by atoms with Crippen LogP contribution in [0.3, 0.4) is 0 Å². The first-order valence-corrected chi connectivity index (χ1v) is 53.4. The summed E-state index contributed by atoms with van der Waals surface area (Å²) in [6.07, 6.45) is 39.3. The zero-order valence-electron chi connectivity index (χ0n) is 53.1. The van der Waals surface area contributed by atoms with E-state index >= 15 is 0 Å². The van der Waals surface area contributed by atoms with Crippen molar-refractivity contribution in [2.75, 3.05) is 0 Å². The maximum atomic E-state index is 8.45. The van der Waals surface area contributed by atoms with Crippen molar-refractivity contribution in [1.82, 2.24) is 0 Å². The lowest BCUT2D eigenvalue weighted by Crippen LogP contribution is -2.67. The lowest BCUT2D eigenvalue weighted by molar-refractivity contribution is 0.212. The third-order valence-corrected chi connectivity index (χ3v) is 57.4. The van der Waals surface area contributed by atoms with Gasteiger partial charge >= 0.3 is 59.9 Å². The molecule has 8 saturated heterocycles. The Bertz CT molecular complexity index is 1870. The molecule has 15 aliphatic rings. The number of fused-ring (bicyclic) bond motifs is 7. The SMILES string of the molecule is C[Si]1(CCC2CCC3OC3C2)O[Si](C)(CCC2CCC3OC3C2)O[Si](C)(CCC2CCC3OC3C2)O[Si](C)(CCC2CCC3OC3C2)O[Si](C)(CCC2CCC3OC3C2)O[Si](C)(CCC2CCC3OC3C2)O[Si](C)(CCC2CCC3OC3C2)O1. The molecule has 7 aliphatic carbocycles. The molecule has 0 radical (unpaired) electrons. The zero-order valence-corrected chi connectivity index (χ0v) is 60.1. The van der Waals surface area contributed by atoms with E-state index in [1.54, 1.807) is 0 Å². The minimum absolute atomic E-state index is 0.440. The summed E-state index contributed by atoms with van der Waals surface area (Å²) in [5, 5.41) is 0. The molecule has 8 aliphatic heterocycles. The molecule has 0 amide bonds. The van der Waals surface area contributed by atoms with Crippen LogP contribution in [0.15, 0.2) is 0 Å². The molecule has 0 bridgehead atoms. The first kappa shape index (κ1) is 61.2. The highest BCUT2D eigenvalue weighted by Crippen LogP contribution is 2.51. The fraction of sp³-hybridized carbons (Fsp3) is 1.00. The summed E-state index contributed by atoms with van der Waals surface area (Å²) in [4.78, 5) is 0. The van der Waals surface area contributed by atoms with E-state index in [1.165, 1.54) is 135 Å². The molecular weight excluding hydrogens is 1180 g/mol. The molecule has 8 heterocycles. The lowest BCUT2D eigenvalue weighted by atomic mass is 9.88. The highest BCUT2D eigenvalue weighted by atomic mass is 28.5. The van der Waals surface area contributed by atoms with E-state index in [2.05, 4.69) is 45.8 Å². The summed E-state index contributed by atoms with van der Waals surface area (Å²) < 4.78 is 103. The fourth-order valence-electron chi connectivity index (χ4n) is 19.6. The van der Waals surface area contributed by atoms with Crippen LogP contribution in [0, 0.1) is 41.4 Å². The normalized spacial score (nSPS) is 55.2. The topological polar surface area (TPSA) is 152 Å². The van der Waals surface area contributed by atoms with Gasteiger partial charge in [0.05, 0.1) is 85.5 Å². The van der Waals surface area contributed by atoms with Crippen LogP contribution in [0.2, 0.25) is 88.1 Å². The Morgan fingerprint density at radius 1 is 0.190 bits per heavy atom. The van der Waals surface area contributed by atoms with Crippen LogP contribution < -0.4 is 0 Å². The number of hydrogen-bond acceptors (Lipinski definition) is 14. The van der Waals surface area contributed by atoms with E-state index in [0.717, 1.165) is 87.3 Å². The Labute approximate surface area is 513 Å². The summed E-state index contributed by atoms with van der Waals surface area (Å²) in [6, 6.07) is 6.64. The van der Waals surface area contributed by atoms with Gasteiger partial charge < -0.3 is 62.0 Å². The van der Waals surface area contributed by atoms with Crippen molar-refractivity contribution in [2.45, 2.75) is 353 Å². The van der Waals surface area contributed by atoms with Crippen LogP contribution in [-0.4, -0.2) is 145 Å². The Hall–Kier alpha value is 0.958. The minimum atomic E-state index is -3.13. The number of hydrogen-bond donors (Lipinski definition) is 0. The molecule has 0 aromatic rings. The van der Waals surface area contributed by atoms with Gasteiger partial charge in [-0.25, -0.2) is 0 Å². The second-order valence-electron chi connectivity index (χ2n) is 32.7. The predicted octanol–water partition coefficient (Wildman–Crippen LogP) is 14.3. The van der Waals surface area contributed by atoms with Crippen molar-refractivity contribution in [3.63, 3.8) is 0 Å². The van der Waals surface area contributed by atoms with E-state index in [-0.39, 0.29) is 0 Å². The molecule has 0 N–H and O–H groups in total. The molecule has 0 spiro atoms. The van der Waals surface area contributed by atoms with Crippen molar-refractivity contribution >= 4 is 59.9 Å². The third kappa shape index (κ3) is 15.4. The average Bonchev–Trinajstić information content (AvgIpc) is 2.95. The third-order valence-electron chi connectivity index (χ3n) is 24.9. The first-order valence-electron chi connectivity index (χ1n) is 35.8. The van der Waals surface area contributed by atoms with E-state index in [9.17, 15) is 0 Å². The zero-order chi connectivity index (χ0) is 57.3. The van der Waals surface area contributed by atoms with Gasteiger partial charge in [0.15, 0.2) is 0 Å². The predicted molar refractivity (Wildman–Crippen MR) is 337 cm³/mol. The Balaban J connectivity index is 0.816. The number of epoxide rings is 7. The molecule has 21 atom stereocenters.